The second-order valence-electron chi connectivity index (χ2n) is 4.30. The average Bonchev–Trinajstić information content (AvgIpc) is 2.21. The molecule has 0 aliphatic heterocycles. The first-order valence-corrected chi connectivity index (χ1v) is 5.50. The molecule has 0 heterocycles. The van der Waals surface area contributed by atoms with Crippen molar-refractivity contribution in [2.45, 2.75) is 33.0 Å². The molecule has 0 saturated carbocycles. The lowest BCUT2D eigenvalue weighted by Gasteiger charge is -2.16. The highest BCUT2D eigenvalue weighted by Crippen LogP contribution is 2.11. The topological polar surface area (TPSA) is 70.2 Å². The van der Waals surface area contributed by atoms with Gasteiger partial charge in [0.1, 0.15) is 12.6 Å². The van der Waals surface area contributed by atoms with E-state index in [0.717, 1.165) is 0 Å². The van der Waals surface area contributed by atoms with Gasteiger partial charge >= 0.3 is 12.2 Å². The van der Waals surface area contributed by atoms with Gasteiger partial charge < -0.3 is 16.0 Å². The van der Waals surface area contributed by atoms with E-state index in [1.165, 1.54) is 6.92 Å². The molecule has 0 aromatic carbocycles. The summed E-state index contributed by atoms with van der Waals surface area (Å²) in [6.07, 6.45) is -4.47. The molecule has 0 aliphatic rings. The van der Waals surface area contributed by atoms with Gasteiger partial charge in [-0.1, -0.05) is 13.8 Å². The zero-order valence-electron chi connectivity index (χ0n) is 10.5. The number of carbonyl (C=O) groups excluding carboxylic acids is 2. The summed E-state index contributed by atoms with van der Waals surface area (Å²) in [5.41, 5.74) is 0. The monoisotopic (exact) mass is 269 g/mol. The number of hydrogen-bond donors (Lipinski definition) is 3. The van der Waals surface area contributed by atoms with Crippen molar-refractivity contribution in [1.82, 2.24) is 16.0 Å². The van der Waals surface area contributed by atoms with E-state index in [0.29, 0.717) is 6.54 Å². The highest BCUT2D eigenvalue weighted by atomic mass is 19.4. The molecule has 0 fully saturated rings. The molecular weight excluding hydrogens is 251 g/mol. The van der Waals surface area contributed by atoms with E-state index >= 15 is 0 Å². The number of alkyl halides is 3. The van der Waals surface area contributed by atoms with E-state index in [1.54, 1.807) is 5.32 Å². The van der Waals surface area contributed by atoms with Crippen LogP contribution >= 0.6 is 0 Å². The van der Waals surface area contributed by atoms with Crippen LogP contribution in [-0.4, -0.2) is 37.2 Å². The Balaban J connectivity index is 3.96. The van der Waals surface area contributed by atoms with Crippen LogP contribution in [0.1, 0.15) is 20.8 Å². The summed E-state index contributed by atoms with van der Waals surface area (Å²) in [6, 6.07) is -1.92. The third-order valence-corrected chi connectivity index (χ3v) is 1.87. The van der Waals surface area contributed by atoms with E-state index in [2.05, 4.69) is 10.6 Å². The molecule has 0 spiro atoms. The maximum atomic E-state index is 11.8. The third kappa shape index (κ3) is 8.66. The number of halogens is 3. The van der Waals surface area contributed by atoms with E-state index in [4.69, 9.17) is 0 Å². The number of hydrogen-bond acceptors (Lipinski definition) is 2. The molecule has 0 rings (SSSR count). The molecule has 1 atom stereocenters. The van der Waals surface area contributed by atoms with Crippen LogP contribution in [0.25, 0.3) is 0 Å². The van der Waals surface area contributed by atoms with E-state index < -0.39 is 30.7 Å². The van der Waals surface area contributed by atoms with Gasteiger partial charge in [0.2, 0.25) is 5.91 Å². The molecule has 1 unspecified atom stereocenters. The molecule has 8 heteroatoms. The van der Waals surface area contributed by atoms with Crippen molar-refractivity contribution in [2.24, 2.45) is 5.92 Å². The SMILES string of the molecule is CC(C)CNC(=O)C(C)NC(=O)NCC(F)(F)F. The van der Waals surface area contributed by atoms with E-state index in [-0.39, 0.29) is 5.92 Å². The minimum Gasteiger partial charge on any atom is -0.354 e. The van der Waals surface area contributed by atoms with Crippen molar-refractivity contribution in [3.05, 3.63) is 0 Å². The lowest BCUT2D eigenvalue weighted by Crippen LogP contribution is -2.50. The standard InChI is InChI=1S/C10H18F3N3O2/c1-6(2)4-14-8(17)7(3)16-9(18)15-5-10(11,12)13/h6-7H,4-5H2,1-3H3,(H,14,17)(H2,15,16,18). The first-order chi connectivity index (χ1) is 8.11. The lowest BCUT2D eigenvalue weighted by molar-refractivity contribution is -0.123. The molecule has 0 bridgehead atoms. The second-order valence-corrected chi connectivity index (χ2v) is 4.30. The van der Waals surface area contributed by atoms with Crippen LogP contribution in [0.15, 0.2) is 0 Å². The Morgan fingerprint density at radius 2 is 1.67 bits per heavy atom. The maximum Gasteiger partial charge on any atom is 0.405 e. The van der Waals surface area contributed by atoms with Gasteiger partial charge in [0.15, 0.2) is 0 Å². The molecule has 0 aliphatic carbocycles. The molecule has 106 valence electrons. The second kappa shape index (κ2) is 7.07. The quantitative estimate of drug-likeness (QED) is 0.697. The summed E-state index contributed by atoms with van der Waals surface area (Å²) in [4.78, 5) is 22.4. The predicted molar refractivity (Wildman–Crippen MR) is 59.9 cm³/mol. The summed E-state index contributed by atoms with van der Waals surface area (Å²) in [5, 5.41) is 6.29. The Morgan fingerprint density at radius 1 is 1.11 bits per heavy atom. The highest BCUT2D eigenvalue weighted by Gasteiger charge is 2.28. The number of carbonyl (C=O) groups is 2. The smallest absolute Gasteiger partial charge is 0.354 e. The van der Waals surface area contributed by atoms with Crippen LogP contribution in [0.5, 0.6) is 0 Å². The number of nitrogens with one attached hydrogen (secondary N) is 3. The summed E-state index contributed by atoms with van der Waals surface area (Å²) >= 11 is 0. The minimum atomic E-state index is -4.47. The summed E-state index contributed by atoms with van der Waals surface area (Å²) < 4.78 is 35.4. The van der Waals surface area contributed by atoms with Crippen molar-refractivity contribution < 1.29 is 22.8 Å². The Bertz CT molecular complexity index is 293. The van der Waals surface area contributed by atoms with Crippen molar-refractivity contribution in [1.29, 1.82) is 0 Å². The fraction of sp³-hybridized carbons (Fsp3) is 0.800. The normalized spacial score (nSPS) is 13.1. The molecule has 0 radical (unpaired) electrons. The zero-order chi connectivity index (χ0) is 14.3. The van der Waals surface area contributed by atoms with Gasteiger partial charge in [0.05, 0.1) is 0 Å². The zero-order valence-corrected chi connectivity index (χ0v) is 10.5. The maximum absolute atomic E-state index is 11.8. The van der Waals surface area contributed by atoms with E-state index in [9.17, 15) is 22.8 Å². The van der Waals surface area contributed by atoms with Crippen LogP contribution in [-0.2, 0) is 4.79 Å². The lowest BCUT2D eigenvalue weighted by atomic mass is 10.2. The van der Waals surface area contributed by atoms with Gasteiger partial charge in [-0.15, -0.1) is 0 Å². The molecular formula is C10H18F3N3O2. The minimum absolute atomic E-state index is 0.250. The fourth-order valence-electron chi connectivity index (χ4n) is 0.952. The Hall–Kier alpha value is -1.47. The Labute approximate surface area is 103 Å². The van der Waals surface area contributed by atoms with Gasteiger partial charge in [-0.2, -0.15) is 13.2 Å². The van der Waals surface area contributed by atoms with Gasteiger partial charge in [0.25, 0.3) is 0 Å². The number of urea groups is 1. The van der Waals surface area contributed by atoms with Crippen molar-refractivity contribution in [3.8, 4) is 0 Å². The molecule has 0 aromatic rings. The molecule has 0 aromatic heterocycles. The first-order valence-electron chi connectivity index (χ1n) is 5.50. The number of rotatable bonds is 5. The van der Waals surface area contributed by atoms with Crippen LogP contribution in [0.4, 0.5) is 18.0 Å². The van der Waals surface area contributed by atoms with Gasteiger partial charge in [-0.05, 0) is 12.8 Å². The number of amides is 3. The van der Waals surface area contributed by atoms with Crippen LogP contribution < -0.4 is 16.0 Å². The van der Waals surface area contributed by atoms with Gasteiger partial charge in [0, 0.05) is 6.54 Å². The predicted octanol–water partition coefficient (Wildman–Crippen LogP) is 1.01. The van der Waals surface area contributed by atoms with Gasteiger partial charge in [-0.25, -0.2) is 4.79 Å². The largest absolute Gasteiger partial charge is 0.405 e. The molecule has 3 N–H and O–H groups in total. The van der Waals surface area contributed by atoms with Crippen LogP contribution in [0, 0.1) is 5.92 Å². The highest BCUT2D eigenvalue weighted by molar-refractivity contribution is 5.86. The average molecular weight is 269 g/mol. The van der Waals surface area contributed by atoms with Crippen LogP contribution in [0.2, 0.25) is 0 Å². The Morgan fingerprint density at radius 3 is 2.11 bits per heavy atom. The van der Waals surface area contributed by atoms with Gasteiger partial charge in [-0.3, -0.25) is 4.79 Å². The summed E-state index contributed by atoms with van der Waals surface area (Å²) in [6.45, 7) is 4.19. The summed E-state index contributed by atoms with van der Waals surface area (Å²) in [7, 11) is 0. The summed E-state index contributed by atoms with van der Waals surface area (Å²) in [5.74, 6) is -0.189. The third-order valence-electron chi connectivity index (χ3n) is 1.87. The molecule has 0 saturated heterocycles. The van der Waals surface area contributed by atoms with Crippen molar-refractivity contribution in [2.75, 3.05) is 13.1 Å². The molecule has 5 nitrogen and oxygen atoms in total. The molecule has 3 amide bonds. The van der Waals surface area contributed by atoms with Crippen molar-refractivity contribution >= 4 is 11.9 Å². The fourth-order valence-corrected chi connectivity index (χ4v) is 0.952. The van der Waals surface area contributed by atoms with E-state index in [1.807, 2.05) is 13.8 Å². The Kier molecular flexibility index (Phi) is 6.50. The molecule has 18 heavy (non-hydrogen) atoms. The van der Waals surface area contributed by atoms with Crippen LogP contribution in [0.3, 0.4) is 0 Å². The van der Waals surface area contributed by atoms with Crippen molar-refractivity contribution in [3.63, 3.8) is 0 Å². The first kappa shape index (κ1) is 16.5.